The van der Waals surface area contributed by atoms with Gasteiger partial charge in [-0.2, -0.15) is 0 Å². The number of amides is 2. The maximum Gasteiger partial charge on any atom is 0.244 e. The van der Waals surface area contributed by atoms with E-state index in [-0.39, 0.29) is 6.54 Å². The molecular formula is C21H25Cl2N3O5S. The summed E-state index contributed by atoms with van der Waals surface area (Å²) in [6, 6.07) is 10.2. The molecule has 0 aliphatic rings. The van der Waals surface area contributed by atoms with Gasteiger partial charge in [-0.15, -0.1) is 0 Å². The highest BCUT2D eigenvalue weighted by molar-refractivity contribution is 7.92. The van der Waals surface area contributed by atoms with Gasteiger partial charge in [0.1, 0.15) is 18.3 Å². The van der Waals surface area contributed by atoms with Crippen LogP contribution >= 0.6 is 23.2 Å². The molecule has 0 saturated heterocycles. The van der Waals surface area contributed by atoms with Crippen LogP contribution < -0.4 is 14.4 Å². The second-order valence-corrected chi connectivity index (χ2v) is 9.77. The molecule has 2 amide bonds. The van der Waals surface area contributed by atoms with E-state index in [0.29, 0.717) is 27.0 Å². The summed E-state index contributed by atoms with van der Waals surface area (Å²) in [7, 11) is -0.855. The summed E-state index contributed by atoms with van der Waals surface area (Å²) in [5, 5.41) is 3.26. The molecule has 1 N–H and O–H groups in total. The molecule has 0 spiro atoms. The number of halogens is 2. The predicted octanol–water partition coefficient (Wildman–Crippen LogP) is 2.93. The highest BCUT2D eigenvalue weighted by Crippen LogP contribution is 2.25. The second-order valence-electron chi connectivity index (χ2n) is 7.02. The number of anilines is 1. The standard InChI is InChI=1S/C21H25Cl2N3O5S/c1-14(21(28)24-2)25(12-15-5-6-16(22)11-19(15)23)20(27)13-26(32(4,29)30)17-7-9-18(31-3)10-8-17/h5-11,14H,12-13H2,1-4H3,(H,24,28). The minimum atomic E-state index is -3.80. The number of sulfonamides is 1. The molecule has 0 aliphatic carbocycles. The van der Waals surface area contributed by atoms with E-state index < -0.39 is 34.4 Å². The number of ether oxygens (including phenoxy) is 1. The van der Waals surface area contributed by atoms with Crippen LogP contribution in [-0.2, 0) is 26.2 Å². The average molecular weight is 502 g/mol. The Hall–Kier alpha value is -2.49. The fraction of sp³-hybridized carbons (Fsp3) is 0.333. The third-order valence-electron chi connectivity index (χ3n) is 4.81. The number of rotatable bonds is 9. The first-order valence-corrected chi connectivity index (χ1v) is 12.1. The van der Waals surface area contributed by atoms with E-state index in [0.717, 1.165) is 10.6 Å². The lowest BCUT2D eigenvalue weighted by molar-refractivity contribution is -0.139. The molecule has 11 heteroatoms. The normalized spacial score (nSPS) is 12.1. The first-order chi connectivity index (χ1) is 15.0. The lowest BCUT2D eigenvalue weighted by atomic mass is 10.1. The van der Waals surface area contributed by atoms with Crippen molar-refractivity contribution in [2.45, 2.75) is 19.5 Å². The van der Waals surface area contributed by atoms with Crippen molar-refractivity contribution in [3.05, 3.63) is 58.1 Å². The number of hydrogen-bond acceptors (Lipinski definition) is 5. The minimum Gasteiger partial charge on any atom is -0.497 e. The molecule has 0 heterocycles. The molecular weight excluding hydrogens is 477 g/mol. The van der Waals surface area contributed by atoms with Gasteiger partial charge < -0.3 is 15.0 Å². The van der Waals surface area contributed by atoms with Crippen LogP contribution in [0.2, 0.25) is 10.0 Å². The zero-order valence-corrected chi connectivity index (χ0v) is 20.5. The molecule has 0 radical (unpaired) electrons. The maximum absolute atomic E-state index is 13.3. The zero-order chi connectivity index (χ0) is 24.1. The molecule has 0 saturated carbocycles. The van der Waals surface area contributed by atoms with Gasteiger partial charge in [0.25, 0.3) is 0 Å². The molecule has 2 aromatic rings. The summed E-state index contributed by atoms with van der Waals surface area (Å²) in [6.07, 6.45) is 1.01. The van der Waals surface area contributed by atoms with Crippen LogP contribution in [0, 0.1) is 0 Å². The Balaban J connectivity index is 2.39. The Morgan fingerprint density at radius 1 is 1.12 bits per heavy atom. The Morgan fingerprint density at radius 3 is 2.25 bits per heavy atom. The summed E-state index contributed by atoms with van der Waals surface area (Å²) in [5.74, 6) is -0.437. The van der Waals surface area contributed by atoms with Crippen LogP contribution in [0.15, 0.2) is 42.5 Å². The third-order valence-corrected chi connectivity index (χ3v) is 6.54. The van der Waals surface area contributed by atoms with E-state index in [1.165, 1.54) is 37.3 Å². The third kappa shape index (κ3) is 6.51. The van der Waals surface area contributed by atoms with Crippen LogP contribution in [0.3, 0.4) is 0 Å². The van der Waals surface area contributed by atoms with Crippen molar-refractivity contribution in [2.24, 2.45) is 0 Å². The van der Waals surface area contributed by atoms with Crippen LogP contribution in [0.4, 0.5) is 5.69 Å². The van der Waals surface area contributed by atoms with Gasteiger partial charge >= 0.3 is 0 Å². The number of nitrogens with zero attached hydrogens (tertiary/aromatic N) is 2. The molecule has 2 rings (SSSR count). The quantitative estimate of drug-likeness (QED) is 0.569. The molecule has 0 aromatic heterocycles. The van der Waals surface area contributed by atoms with Gasteiger partial charge in [0.05, 0.1) is 19.1 Å². The molecule has 32 heavy (non-hydrogen) atoms. The number of benzene rings is 2. The highest BCUT2D eigenvalue weighted by Gasteiger charge is 2.30. The van der Waals surface area contributed by atoms with E-state index in [4.69, 9.17) is 27.9 Å². The van der Waals surface area contributed by atoms with Crippen molar-refractivity contribution in [1.29, 1.82) is 0 Å². The number of nitrogens with one attached hydrogen (secondary N) is 1. The monoisotopic (exact) mass is 501 g/mol. The van der Waals surface area contributed by atoms with Crippen molar-refractivity contribution in [3.63, 3.8) is 0 Å². The summed E-state index contributed by atoms with van der Waals surface area (Å²) >= 11 is 12.2. The van der Waals surface area contributed by atoms with Gasteiger partial charge in [-0.25, -0.2) is 8.42 Å². The lowest BCUT2D eigenvalue weighted by Crippen LogP contribution is -2.50. The Labute approximate surface area is 198 Å². The zero-order valence-electron chi connectivity index (χ0n) is 18.1. The lowest BCUT2D eigenvalue weighted by Gasteiger charge is -2.31. The van der Waals surface area contributed by atoms with E-state index in [9.17, 15) is 18.0 Å². The van der Waals surface area contributed by atoms with Crippen molar-refractivity contribution in [1.82, 2.24) is 10.2 Å². The van der Waals surface area contributed by atoms with Gasteiger partial charge in [-0.1, -0.05) is 29.3 Å². The average Bonchev–Trinajstić information content (AvgIpc) is 2.75. The number of methoxy groups -OCH3 is 1. The first kappa shape index (κ1) is 25.8. The molecule has 174 valence electrons. The fourth-order valence-electron chi connectivity index (χ4n) is 2.99. The van der Waals surface area contributed by atoms with Crippen molar-refractivity contribution >= 4 is 50.7 Å². The van der Waals surface area contributed by atoms with Gasteiger partial charge in [0.15, 0.2) is 0 Å². The van der Waals surface area contributed by atoms with Gasteiger partial charge in [-0.05, 0) is 48.9 Å². The molecule has 0 bridgehead atoms. The molecule has 0 fully saturated rings. The number of hydrogen-bond donors (Lipinski definition) is 1. The van der Waals surface area contributed by atoms with Crippen LogP contribution in [0.25, 0.3) is 0 Å². The summed E-state index contributed by atoms with van der Waals surface area (Å²) in [4.78, 5) is 26.9. The molecule has 1 unspecified atom stereocenters. The van der Waals surface area contributed by atoms with Gasteiger partial charge in [-0.3, -0.25) is 13.9 Å². The van der Waals surface area contributed by atoms with E-state index in [1.54, 1.807) is 31.2 Å². The topological polar surface area (TPSA) is 96.0 Å². The summed E-state index contributed by atoms with van der Waals surface area (Å²) in [6.45, 7) is 1.04. The van der Waals surface area contributed by atoms with Gasteiger partial charge in [0.2, 0.25) is 21.8 Å². The molecule has 2 aromatic carbocycles. The number of likely N-dealkylation sites (N-methyl/N-ethyl adjacent to an activating group) is 1. The highest BCUT2D eigenvalue weighted by atomic mass is 35.5. The van der Waals surface area contributed by atoms with E-state index in [2.05, 4.69) is 5.32 Å². The second kappa shape index (κ2) is 10.9. The molecule has 1 atom stereocenters. The van der Waals surface area contributed by atoms with Crippen LogP contribution in [-0.4, -0.2) is 58.1 Å². The SMILES string of the molecule is CNC(=O)C(C)N(Cc1ccc(Cl)cc1Cl)C(=O)CN(c1ccc(OC)cc1)S(C)(=O)=O. The first-order valence-electron chi connectivity index (χ1n) is 9.54. The van der Waals surface area contributed by atoms with Gasteiger partial charge in [0, 0.05) is 23.6 Å². The smallest absolute Gasteiger partial charge is 0.244 e. The predicted molar refractivity (Wildman–Crippen MR) is 126 cm³/mol. The summed E-state index contributed by atoms with van der Waals surface area (Å²) < 4.78 is 31.0. The van der Waals surface area contributed by atoms with Crippen molar-refractivity contribution in [3.8, 4) is 5.75 Å². The number of carbonyl (C=O) groups excluding carboxylic acids is 2. The van der Waals surface area contributed by atoms with E-state index in [1.807, 2.05) is 0 Å². The van der Waals surface area contributed by atoms with E-state index >= 15 is 0 Å². The van der Waals surface area contributed by atoms with Crippen molar-refractivity contribution < 1.29 is 22.7 Å². The number of carbonyl (C=O) groups is 2. The summed E-state index contributed by atoms with van der Waals surface area (Å²) in [5.41, 5.74) is 0.856. The molecule has 0 aliphatic heterocycles. The molecule has 8 nitrogen and oxygen atoms in total. The Morgan fingerprint density at radius 2 is 1.75 bits per heavy atom. The van der Waals surface area contributed by atoms with Crippen LogP contribution in [0.5, 0.6) is 5.75 Å². The minimum absolute atomic E-state index is 0.0103. The Bertz CT molecular complexity index is 1080. The van der Waals surface area contributed by atoms with Crippen molar-refractivity contribution in [2.75, 3.05) is 31.3 Å². The fourth-order valence-corrected chi connectivity index (χ4v) is 4.31. The Kier molecular flexibility index (Phi) is 8.77. The maximum atomic E-state index is 13.3. The largest absolute Gasteiger partial charge is 0.497 e. The van der Waals surface area contributed by atoms with Crippen LogP contribution in [0.1, 0.15) is 12.5 Å².